The van der Waals surface area contributed by atoms with Crippen LogP contribution in [0.2, 0.25) is 0 Å². The van der Waals surface area contributed by atoms with Crippen molar-refractivity contribution in [3.63, 3.8) is 0 Å². The highest BCUT2D eigenvalue weighted by molar-refractivity contribution is 7.59. The SMILES string of the molecule is c1ccc([Si]2(c3ccccc3)CO[SiH2][SiH2][SiH2]2)cc1. The molecule has 0 N–H and O–H groups in total. The zero-order valence-corrected chi connectivity index (χ0v) is 15.8. The lowest BCUT2D eigenvalue weighted by atomic mass is 10.4. The molecular weight excluding hydrogens is 284 g/mol. The van der Waals surface area contributed by atoms with Gasteiger partial charge in [-0.15, -0.1) is 0 Å². The highest BCUT2D eigenvalue weighted by Crippen LogP contribution is 2.07. The maximum atomic E-state index is 6.09. The van der Waals surface area contributed by atoms with E-state index in [0.717, 1.165) is 6.23 Å². The summed E-state index contributed by atoms with van der Waals surface area (Å²) >= 11 is 0. The third-order valence-corrected chi connectivity index (χ3v) is 41.3. The van der Waals surface area contributed by atoms with Gasteiger partial charge in [-0.3, -0.25) is 0 Å². The fourth-order valence-electron chi connectivity index (χ4n) is 2.93. The van der Waals surface area contributed by atoms with E-state index in [0.29, 0.717) is 0 Å². The Bertz CT molecular complexity index is 455. The lowest BCUT2D eigenvalue weighted by Gasteiger charge is -2.35. The second kappa shape index (κ2) is 5.50. The number of hydrogen-bond donors (Lipinski definition) is 0. The van der Waals surface area contributed by atoms with Gasteiger partial charge in [-0.05, 0) is 0 Å². The van der Waals surface area contributed by atoms with Crippen LogP contribution in [0.3, 0.4) is 0 Å². The minimum absolute atomic E-state index is 0.0348. The van der Waals surface area contributed by atoms with E-state index in [2.05, 4.69) is 60.7 Å². The molecule has 1 nitrogen and oxygen atoms in total. The predicted octanol–water partition coefficient (Wildman–Crippen LogP) is -1.43. The van der Waals surface area contributed by atoms with E-state index in [9.17, 15) is 0 Å². The molecule has 0 spiro atoms. The summed E-state index contributed by atoms with van der Waals surface area (Å²) in [6.07, 6.45) is 1.09. The van der Waals surface area contributed by atoms with Crippen molar-refractivity contribution >= 4 is 44.4 Å². The van der Waals surface area contributed by atoms with Crippen LogP contribution in [0, 0.1) is 0 Å². The van der Waals surface area contributed by atoms with E-state index in [4.69, 9.17) is 4.43 Å². The highest BCUT2D eigenvalue weighted by Gasteiger charge is 2.39. The molecule has 18 heavy (non-hydrogen) atoms. The normalized spacial score (nSPS) is 22.4. The highest BCUT2D eigenvalue weighted by atomic mass is 29.7. The monoisotopic (exact) mass is 302 g/mol. The zero-order valence-electron chi connectivity index (χ0n) is 10.5. The van der Waals surface area contributed by atoms with Gasteiger partial charge in [-0.1, -0.05) is 71.0 Å². The van der Waals surface area contributed by atoms with Crippen LogP contribution in [0.1, 0.15) is 0 Å². The standard InChI is InChI=1S/C13H18OSi4/c1-3-7-12(8-4-1)18(11-14-15-16-17-18)13-9-5-2-6-10-13/h1-10H,11,15-17H2. The molecule has 5 heteroatoms. The van der Waals surface area contributed by atoms with Gasteiger partial charge in [0.05, 0.1) is 0 Å². The fraction of sp³-hybridized carbons (Fsp3) is 0.0769. The molecule has 0 amide bonds. The Hall–Kier alpha value is -0.732. The first-order valence-electron chi connectivity index (χ1n) is 6.61. The molecule has 0 bridgehead atoms. The lowest BCUT2D eigenvalue weighted by Crippen LogP contribution is -2.71. The zero-order chi connectivity index (χ0) is 12.3. The Kier molecular flexibility index (Phi) is 3.76. The van der Waals surface area contributed by atoms with Crippen molar-refractivity contribution in [2.24, 2.45) is 0 Å². The quantitative estimate of drug-likeness (QED) is 0.618. The van der Waals surface area contributed by atoms with E-state index in [1.807, 2.05) is 0 Å². The van der Waals surface area contributed by atoms with Crippen molar-refractivity contribution in [2.45, 2.75) is 0 Å². The van der Waals surface area contributed by atoms with Crippen LogP contribution in [0.5, 0.6) is 0 Å². The third kappa shape index (κ3) is 2.24. The van der Waals surface area contributed by atoms with Crippen molar-refractivity contribution in [3.05, 3.63) is 60.7 Å². The molecule has 0 saturated carbocycles. The summed E-state index contributed by atoms with van der Waals surface area (Å²) in [6, 6.07) is 22.5. The Balaban J connectivity index is 2.10. The second-order valence-corrected chi connectivity index (χ2v) is 29.9. The molecule has 0 radical (unpaired) electrons. The van der Waals surface area contributed by atoms with Gasteiger partial charge in [0.25, 0.3) is 0 Å². The molecule has 3 rings (SSSR count). The van der Waals surface area contributed by atoms with E-state index >= 15 is 0 Å². The summed E-state index contributed by atoms with van der Waals surface area (Å²) < 4.78 is 6.09. The fourth-order valence-corrected chi connectivity index (χ4v) is 53.2. The predicted molar refractivity (Wildman–Crippen MR) is 89.5 cm³/mol. The van der Waals surface area contributed by atoms with E-state index < -0.39 is 7.59 Å². The van der Waals surface area contributed by atoms with Gasteiger partial charge in [0, 0.05) is 23.3 Å². The molecular formula is C13H18OSi4. The topological polar surface area (TPSA) is 9.23 Å². The first-order chi connectivity index (χ1) is 8.92. The first-order valence-corrected chi connectivity index (χ1v) is 19.7. The summed E-state index contributed by atoms with van der Waals surface area (Å²) in [5, 5.41) is 3.26. The molecule has 0 unspecified atom stereocenters. The summed E-state index contributed by atoms with van der Waals surface area (Å²) in [6.45, 7) is 0. The maximum absolute atomic E-state index is 6.09. The van der Waals surface area contributed by atoms with Crippen LogP contribution in [-0.2, 0) is 4.43 Å². The van der Waals surface area contributed by atoms with Crippen molar-refractivity contribution in [2.75, 3.05) is 6.23 Å². The van der Waals surface area contributed by atoms with Gasteiger partial charge < -0.3 is 4.43 Å². The van der Waals surface area contributed by atoms with Crippen molar-refractivity contribution in [3.8, 4) is 0 Å². The molecule has 0 aromatic heterocycles. The van der Waals surface area contributed by atoms with E-state index in [-0.39, 0.29) is 26.4 Å². The van der Waals surface area contributed by atoms with Crippen LogP contribution in [0.15, 0.2) is 60.7 Å². The van der Waals surface area contributed by atoms with Crippen LogP contribution in [0.4, 0.5) is 0 Å². The Labute approximate surface area is 116 Å². The van der Waals surface area contributed by atoms with Crippen molar-refractivity contribution in [1.29, 1.82) is 0 Å². The average molecular weight is 303 g/mol. The summed E-state index contributed by atoms with van der Waals surface area (Å²) in [7, 11) is -1.09. The van der Waals surface area contributed by atoms with Gasteiger partial charge >= 0.3 is 0 Å². The van der Waals surface area contributed by atoms with E-state index in [1.54, 1.807) is 10.4 Å². The second-order valence-electron chi connectivity index (χ2n) is 4.97. The number of rotatable bonds is 2. The van der Waals surface area contributed by atoms with Crippen molar-refractivity contribution < 1.29 is 4.43 Å². The van der Waals surface area contributed by atoms with Gasteiger partial charge in [0.1, 0.15) is 16.9 Å². The van der Waals surface area contributed by atoms with E-state index in [1.165, 1.54) is 0 Å². The molecule has 1 aliphatic heterocycles. The molecule has 2 aromatic carbocycles. The molecule has 0 atom stereocenters. The molecule has 1 saturated heterocycles. The van der Waals surface area contributed by atoms with Gasteiger partial charge in [-0.25, -0.2) is 0 Å². The summed E-state index contributed by atoms with van der Waals surface area (Å²) in [5.74, 6) is 0. The Morgan fingerprint density at radius 3 is 1.83 bits per heavy atom. The number of hydrogen-bond acceptors (Lipinski definition) is 1. The summed E-state index contributed by atoms with van der Waals surface area (Å²) in [4.78, 5) is 0. The number of benzene rings is 2. The molecule has 2 aromatic rings. The minimum Gasteiger partial charge on any atom is -0.431 e. The molecule has 1 heterocycles. The molecule has 92 valence electrons. The minimum atomic E-state index is -1.42. The van der Waals surface area contributed by atoms with Gasteiger partial charge in [0.15, 0.2) is 0 Å². The maximum Gasteiger partial charge on any atom is 0.139 e. The molecule has 1 fully saturated rings. The smallest absolute Gasteiger partial charge is 0.139 e. The Morgan fingerprint density at radius 2 is 1.39 bits per heavy atom. The van der Waals surface area contributed by atoms with Crippen LogP contribution >= 0.6 is 0 Å². The summed E-state index contributed by atoms with van der Waals surface area (Å²) in [5.41, 5.74) is 0. The van der Waals surface area contributed by atoms with Gasteiger partial charge in [-0.2, -0.15) is 0 Å². The largest absolute Gasteiger partial charge is 0.431 e. The average Bonchev–Trinajstić information content (AvgIpc) is 2.50. The van der Waals surface area contributed by atoms with Crippen LogP contribution in [-0.4, -0.2) is 40.2 Å². The van der Waals surface area contributed by atoms with Crippen LogP contribution in [0.25, 0.3) is 0 Å². The Morgan fingerprint density at radius 1 is 0.833 bits per heavy atom. The van der Waals surface area contributed by atoms with Gasteiger partial charge in [0.2, 0.25) is 0 Å². The molecule has 1 aliphatic rings. The molecule has 0 aliphatic carbocycles. The van der Waals surface area contributed by atoms with Crippen molar-refractivity contribution in [1.82, 2.24) is 0 Å². The van der Waals surface area contributed by atoms with Crippen LogP contribution < -0.4 is 10.4 Å². The first kappa shape index (κ1) is 12.3. The lowest BCUT2D eigenvalue weighted by molar-refractivity contribution is 0.417. The third-order valence-electron chi connectivity index (χ3n) is 3.89.